The molecule has 0 saturated heterocycles. The lowest BCUT2D eigenvalue weighted by Gasteiger charge is -2.19. The predicted molar refractivity (Wildman–Crippen MR) is 89.4 cm³/mol. The fourth-order valence-electron chi connectivity index (χ4n) is 1.99. The Hall–Kier alpha value is -2.12. The second-order valence-electron chi connectivity index (χ2n) is 4.70. The largest absolute Gasteiger partial charge is 0.486 e. The summed E-state index contributed by atoms with van der Waals surface area (Å²) in [4.78, 5) is 11.9. The van der Waals surface area contributed by atoms with Crippen LogP contribution in [-0.4, -0.2) is 29.3 Å². The van der Waals surface area contributed by atoms with Crippen LogP contribution in [0.3, 0.4) is 0 Å². The Bertz CT molecular complexity index is 760. The van der Waals surface area contributed by atoms with Gasteiger partial charge in [0.15, 0.2) is 11.5 Å². The number of aryl methyl sites for hydroxylation is 1. The predicted octanol–water partition coefficient (Wildman–Crippen LogP) is 3.18. The van der Waals surface area contributed by atoms with E-state index in [1.165, 1.54) is 17.4 Å². The van der Waals surface area contributed by atoms with Gasteiger partial charge < -0.3 is 9.47 Å². The van der Waals surface area contributed by atoms with Crippen LogP contribution in [0.4, 0.5) is 5.13 Å². The summed E-state index contributed by atoms with van der Waals surface area (Å²) < 4.78 is 11.0. The summed E-state index contributed by atoms with van der Waals surface area (Å²) in [6, 6.07) is 3.50. The molecule has 1 N–H and O–H groups in total. The van der Waals surface area contributed by atoms with Crippen molar-refractivity contribution in [2.24, 2.45) is 0 Å². The lowest BCUT2D eigenvalue weighted by Crippen LogP contribution is -2.15. The third-order valence-corrected chi connectivity index (χ3v) is 4.31. The lowest BCUT2D eigenvalue weighted by atomic mass is 10.1. The summed E-state index contributed by atoms with van der Waals surface area (Å²) in [5.41, 5.74) is 0.751. The van der Waals surface area contributed by atoms with Crippen LogP contribution in [0.25, 0.3) is 6.08 Å². The van der Waals surface area contributed by atoms with Crippen molar-refractivity contribution in [2.75, 3.05) is 18.5 Å². The molecule has 3 rings (SSSR count). The number of amides is 1. The fourth-order valence-corrected chi connectivity index (χ4v) is 2.95. The number of nitrogens with one attached hydrogen (secondary N) is 1. The number of ether oxygens (including phenoxy) is 2. The van der Waals surface area contributed by atoms with Gasteiger partial charge in [0, 0.05) is 6.08 Å². The first-order valence-electron chi connectivity index (χ1n) is 7.06. The van der Waals surface area contributed by atoms with Crippen LogP contribution in [0, 0.1) is 0 Å². The van der Waals surface area contributed by atoms with E-state index in [1.807, 2.05) is 6.92 Å². The maximum Gasteiger partial charge on any atom is 0.250 e. The third kappa shape index (κ3) is 3.80. The number of carbonyl (C=O) groups is 1. The van der Waals surface area contributed by atoms with Gasteiger partial charge in [-0.1, -0.05) is 29.9 Å². The molecule has 0 bridgehead atoms. The molecule has 0 radical (unpaired) electrons. The van der Waals surface area contributed by atoms with Crippen molar-refractivity contribution in [3.8, 4) is 11.5 Å². The van der Waals surface area contributed by atoms with Crippen molar-refractivity contribution in [3.05, 3.63) is 33.8 Å². The average Bonchev–Trinajstić information content (AvgIpc) is 3.00. The number of nitrogens with zero attached hydrogens (tertiary/aromatic N) is 2. The zero-order valence-electron chi connectivity index (χ0n) is 12.3. The van der Waals surface area contributed by atoms with E-state index in [4.69, 9.17) is 21.1 Å². The molecule has 1 aromatic heterocycles. The summed E-state index contributed by atoms with van der Waals surface area (Å²) in [7, 11) is 0. The van der Waals surface area contributed by atoms with E-state index < -0.39 is 0 Å². The van der Waals surface area contributed by atoms with Gasteiger partial charge in [-0.25, -0.2) is 0 Å². The molecule has 23 heavy (non-hydrogen) atoms. The number of hydrogen-bond donors (Lipinski definition) is 1. The zero-order chi connectivity index (χ0) is 16.2. The highest BCUT2D eigenvalue weighted by molar-refractivity contribution is 7.15. The molecule has 1 aliphatic heterocycles. The Labute approximate surface area is 142 Å². The van der Waals surface area contributed by atoms with Gasteiger partial charge in [0.05, 0.1) is 5.02 Å². The van der Waals surface area contributed by atoms with E-state index in [2.05, 4.69) is 15.5 Å². The number of rotatable bonds is 4. The SMILES string of the molecule is CCc1nnc(NC(=O)C=Cc2cc(Cl)c3c(c2)OCCO3)s1. The summed E-state index contributed by atoms with van der Waals surface area (Å²) in [6.45, 7) is 2.94. The standard InChI is InChI=1S/C15H14ClN3O3S/c1-2-13-18-19-15(23-13)17-12(20)4-3-9-7-10(16)14-11(8-9)21-5-6-22-14/h3-4,7-8H,2,5-6H2,1H3,(H,17,19,20). The van der Waals surface area contributed by atoms with Gasteiger partial charge in [0.2, 0.25) is 11.0 Å². The summed E-state index contributed by atoms with van der Waals surface area (Å²) in [5, 5.41) is 12.3. The number of aromatic nitrogens is 2. The number of benzene rings is 1. The monoisotopic (exact) mass is 351 g/mol. The highest BCUT2D eigenvalue weighted by Gasteiger charge is 2.16. The van der Waals surface area contributed by atoms with Crippen molar-refractivity contribution in [1.29, 1.82) is 0 Å². The van der Waals surface area contributed by atoms with Crippen molar-refractivity contribution < 1.29 is 14.3 Å². The summed E-state index contributed by atoms with van der Waals surface area (Å²) in [5.74, 6) is 0.843. The minimum Gasteiger partial charge on any atom is -0.486 e. The molecule has 0 saturated carbocycles. The quantitative estimate of drug-likeness (QED) is 0.856. The molecule has 120 valence electrons. The molecule has 1 amide bonds. The lowest BCUT2D eigenvalue weighted by molar-refractivity contribution is -0.111. The third-order valence-electron chi connectivity index (χ3n) is 3.05. The first-order valence-corrected chi connectivity index (χ1v) is 8.25. The second-order valence-corrected chi connectivity index (χ2v) is 6.17. The Morgan fingerprint density at radius 1 is 1.39 bits per heavy atom. The minimum atomic E-state index is -0.283. The molecule has 0 unspecified atom stereocenters. The summed E-state index contributed by atoms with van der Waals surface area (Å²) >= 11 is 7.51. The Morgan fingerprint density at radius 3 is 3.00 bits per heavy atom. The number of halogens is 1. The molecule has 0 spiro atoms. The molecule has 8 heteroatoms. The fraction of sp³-hybridized carbons (Fsp3) is 0.267. The van der Waals surface area contributed by atoms with Gasteiger partial charge in [-0.2, -0.15) is 0 Å². The number of anilines is 1. The zero-order valence-corrected chi connectivity index (χ0v) is 13.9. The van der Waals surface area contributed by atoms with E-state index in [0.717, 1.165) is 17.0 Å². The molecular weight excluding hydrogens is 338 g/mol. The van der Waals surface area contributed by atoms with E-state index in [0.29, 0.717) is 34.9 Å². The number of carbonyl (C=O) groups excluding carboxylic acids is 1. The van der Waals surface area contributed by atoms with Crippen LogP contribution in [0.5, 0.6) is 11.5 Å². The first kappa shape index (κ1) is 15.8. The van der Waals surface area contributed by atoms with E-state index in [1.54, 1.807) is 18.2 Å². The van der Waals surface area contributed by atoms with Crippen molar-refractivity contribution >= 4 is 40.1 Å². The molecule has 0 atom stereocenters. The number of hydrogen-bond acceptors (Lipinski definition) is 6. The molecule has 1 aliphatic rings. The maximum absolute atomic E-state index is 11.9. The first-order chi connectivity index (χ1) is 11.2. The molecule has 6 nitrogen and oxygen atoms in total. The Morgan fingerprint density at radius 2 is 2.22 bits per heavy atom. The Balaban J connectivity index is 1.69. The van der Waals surface area contributed by atoms with Crippen LogP contribution in [0.1, 0.15) is 17.5 Å². The number of fused-ring (bicyclic) bond motifs is 1. The van der Waals surface area contributed by atoms with Crippen molar-refractivity contribution in [2.45, 2.75) is 13.3 Å². The second kappa shape index (κ2) is 6.97. The molecule has 1 aromatic carbocycles. The van der Waals surface area contributed by atoms with Gasteiger partial charge in [-0.05, 0) is 30.2 Å². The Kier molecular flexibility index (Phi) is 4.78. The van der Waals surface area contributed by atoms with Crippen molar-refractivity contribution in [3.63, 3.8) is 0 Å². The van der Waals surface area contributed by atoms with Gasteiger partial charge >= 0.3 is 0 Å². The minimum absolute atomic E-state index is 0.283. The smallest absolute Gasteiger partial charge is 0.250 e. The van der Waals surface area contributed by atoms with Gasteiger partial charge in [-0.15, -0.1) is 10.2 Å². The average molecular weight is 352 g/mol. The maximum atomic E-state index is 11.9. The summed E-state index contributed by atoms with van der Waals surface area (Å²) in [6.07, 6.45) is 3.86. The molecular formula is C15H14ClN3O3S. The van der Waals surface area contributed by atoms with Crippen LogP contribution >= 0.6 is 22.9 Å². The van der Waals surface area contributed by atoms with E-state index >= 15 is 0 Å². The highest BCUT2D eigenvalue weighted by atomic mass is 35.5. The highest BCUT2D eigenvalue weighted by Crippen LogP contribution is 2.38. The topological polar surface area (TPSA) is 73.3 Å². The van der Waals surface area contributed by atoms with Gasteiger partial charge in [-0.3, -0.25) is 10.1 Å². The van der Waals surface area contributed by atoms with Crippen LogP contribution in [0.2, 0.25) is 5.02 Å². The van der Waals surface area contributed by atoms with E-state index in [-0.39, 0.29) is 5.91 Å². The molecule has 2 aromatic rings. The van der Waals surface area contributed by atoms with Gasteiger partial charge in [0.1, 0.15) is 18.2 Å². The van der Waals surface area contributed by atoms with E-state index in [9.17, 15) is 4.79 Å². The van der Waals surface area contributed by atoms with Crippen LogP contribution in [-0.2, 0) is 11.2 Å². The van der Waals surface area contributed by atoms with Crippen molar-refractivity contribution in [1.82, 2.24) is 10.2 Å². The van der Waals surface area contributed by atoms with Gasteiger partial charge in [0.25, 0.3) is 0 Å². The molecule has 0 fully saturated rings. The molecule has 0 aliphatic carbocycles. The van der Waals surface area contributed by atoms with Crippen LogP contribution < -0.4 is 14.8 Å². The molecule has 2 heterocycles. The van der Waals surface area contributed by atoms with Crippen LogP contribution in [0.15, 0.2) is 18.2 Å². The normalized spacial score (nSPS) is 13.3.